The maximum Gasteiger partial charge on any atom is 0.225 e. The van der Waals surface area contributed by atoms with Crippen molar-refractivity contribution >= 4 is 22.4 Å². The van der Waals surface area contributed by atoms with Crippen molar-refractivity contribution in [3.8, 4) is 0 Å². The van der Waals surface area contributed by atoms with Crippen molar-refractivity contribution in [1.29, 1.82) is 0 Å². The average Bonchev–Trinajstić information content (AvgIpc) is 3.04. The quantitative estimate of drug-likeness (QED) is 0.902. The molecule has 1 aromatic rings. The predicted octanol–water partition coefficient (Wildman–Crippen LogP) is 1.21. The lowest BCUT2D eigenvalue weighted by molar-refractivity contribution is -0.127. The third kappa shape index (κ3) is 2.84. The van der Waals surface area contributed by atoms with Crippen LogP contribution in [0.15, 0.2) is 0 Å². The molecule has 7 heteroatoms. The summed E-state index contributed by atoms with van der Waals surface area (Å²) in [5.74, 6) is 1.26. The van der Waals surface area contributed by atoms with Gasteiger partial charge in [-0.15, -0.1) is 10.2 Å². The van der Waals surface area contributed by atoms with E-state index in [4.69, 9.17) is 4.74 Å². The standard InChI is InChI=1S/C15H22N4O2S/c1-9-17-18-15(22-9)19-7-12(11-4-5-21-13(11)8-19)14(20)16-6-10-2-3-10/h10-13H,2-8H2,1H3,(H,16,20)/t11-,12+,13+/m0/s1. The van der Waals surface area contributed by atoms with Crippen LogP contribution in [0.5, 0.6) is 0 Å². The fourth-order valence-electron chi connectivity index (χ4n) is 3.52. The second-order valence-electron chi connectivity index (χ2n) is 6.67. The van der Waals surface area contributed by atoms with E-state index >= 15 is 0 Å². The molecule has 0 unspecified atom stereocenters. The lowest BCUT2D eigenvalue weighted by atomic mass is 9.82. The Balaban J connectivity index is 1.48. The van der Waals surface area contributed by atoms with Crippen molar-refractivity contribution in [3.05, 3.63) is 5.01 Å². The van der Waals surface area contributed by atoms with Gasteiger partial charge in [0.25, 0.3) is 0 Å². The van der Waals surface area contributed by atoms with Gasteiger partial charge in [-0.1, -0.05) is 11.3 Å². The van der Waals surface area contributed by atoms with E-state index in [1.54, 1.807) is 11.3 Å². The molecule has 2 aliphatic heterocycles. The van der Waals surface area contributed by atoms with Crippen LogP contribution in [-0.2, 0) is 9.53 Å². The number of aromatic nitrogens is 2. The smallest absolute Gasteiger partial charge is 0.225 e. The number of rotatable bonds is 4. The highest BCUT2D eigenvalue weighted by atomic mass is 32.1. The van der Waals surface area contributed by atoms with E-state index in [9.17, 15) is 4.79 Å². The Labute approximate surface area is 134 Å². The summed E-state index contributed by atoms with van der Waals surface area (Å²) < 4.78 is 5.87. The Bertz CT molecular complexity index is 559. The van der Waals surface area contributed by atoms with E-state index in [1.165, 1.54) is 12.8 Å². The topological polar surface area (TPSA) is 67.3 Å². The highest BCUT2D eigenvalue weighted by molar-refractivity contribution is 7.15. The Morgan fingerprint density at radius 1 is 1.36 bits per heavy atom. The number of fused-ring (bicyclic) bond motifs is 1. The maximum absolute atomic E-state index is 12.6. The minimum atomic E-state index is 0.00389. The van der Waals surface area contributed by atoms with E-state index < -0.39 is 0 Å². The molecule has 2 saturated heterocycles. The lowest BCUT2D eigenvalue weighted by Crippen LogP contribution is -2.53. The minimum absolute atomic E-state index is 0.00389. The van der Waals surface area contributed by atoms with Gasteiger partial charge in [0.2, 0.25) is 11.0 Å². The molecule has 0 spiro atoms. The molecule has 0 radical (unpaired) electrons. The summed E-state index contributed by atoms with van der Waals surface area (Å²) in [6.45, 7) is 5.12. The van der Waals surface area contributed by atoms with Gasteiger partial charge in [0.05, 0.1) is 12.0 Å². The Kier molecular flexibility index (Phi) is 3.78. The SMILES string of the molecule is Cc1nnc(N2C[C@H]3OCC[C@H]3[C@H](C(=O)NCC3CC3)C2)s1. The number of anilines is 1. The van der Waals surface area contributed by atoms with Crippen molar-refractivity contribution in [3.63, 3.8) is 0 Å². The van der Waals surface area contributed by atoms with E-state index in [2.05, 4.69) is 20.4 Å². The summed E-state index contributed by atoms with van der Waals surface area (Å²) in [6, 6.07) is 0. The first-order valence-corrected chi connectivity index (χ1v) is 8.96. The molecule has 120 valence electrons. The summed E-state index contributed by atoms with van der Waals surface area (Å²) >= 11 is 1.59. The van der Waals surface area contributed by atoms with E-state index in [0.29, 0.717) is 11.8 Å². The molecule has 6 nitrogen and oxygen atoms in total. The molecule has 1 N–H and O–H groups in total. The van der Waals surface area contributed by atoms with Crippen molar-refractivity contribution in [2.75, 3.05) is 31.1 Å². The molecule has 1 saturated carbocycles. The van der Waals surface area contributed by atoms with Gasteiger partial charge in [0.1, 0.15) is 5.01 Å². The van der Waals surface area contributed by atoms with Crippen LogP contribution >= 0.6 is 11.3 Å². The summed E-state index contributed by atoms with van der Waals surface area (Å²) in [5.41, 5.74) is 0. The van der Waals surface area contributed by atoms with Crippen molar-refractivity contribution < 1.29 is 9.53 Å². The molecule has 3 fully saturated rings. The van der Waals surface area contributed by atoms with Crippen molar-refractivity contribution in [1.82, 2.24) is 15.5 Å². The fraction of sp³-hybridized carbons (Fsp3) is 0.800. The van der Waals surface area contributed by atoms with Crippen LogP contribution in [0, 0.1) is 24.7 Å². The summed E-state index contributed by atoms with van der Waals surface area (Å²) in [7, 11) is 0. The van der Waals surface area contributed by atoms with Gasteiger partial charge in [-0.3, -0.25) is 4.79 Å². The molecule has 1 amide bonds. The van der Waals surface area contributed by atoms with E-state index in [1.807, 2.05) is 6.92 Å². The number of hydrogen-bond acceptors (Lipinski definition) is 6. The predicted molar refractivity (Wildman–Crippen MR) is 83.9 cm³/mol. The van der Waals surface area contributed by atoms with Crippen LogP contribution in [0.2, 0.25) is 0 Å². The Morgan fingerprint density at radius 2 is 2.23 bits per heavy atom. The monoisotopic (exact) mass is 322 g/mol. The van der Waals surface area contributed by atoms with E-state index in [0.717, 1.165) is 42.8 Å². The molecule has 4 rings (SSSR count). The third-order valence-electron chi connectivity index (χ3n) is 4.98. The van der Waals surface area contributed by atoms with Crippen molar-refractivity contribution in [2.45, 2.75) is 32.3 Å². The fourth-order valence-corrected chi connectivity index (χ4v) is 4.23. The highest BCUT2D eigenvalue weighted by Gasteiger charge is 2.44. The molecule has 0 aromatic carbocycles. The zero-order valence-electron chi connectivity index (χ0n) is 12.8. The molecule has 3 aliphatic rings. The zero-order chi connectivity index (χ0) is 15.1. The molecular weight excluding hydrogens is 300 g/mol. The first-order valence-electron chi connectivity index (χ1n) is 8.15. The van der Waals surface area contributed by atoms with Gasteiger partial charge in [-0.2, -0.15) is 0 Å². The summed E-state index contributed by atoms with van der Waals surface area (Å²) in [5, 5.41) is 13.4. The second kappa shape index (κ2) is 5.77. The second-order valence-corrected chi connectivity index (χ2v) is 7.83. The first kappa shape index (κ1) is 14.4. The number of carbonyl (C=O) groups excluding carboxylic acids is 1. The number of nitrogens with one attached hydrogen (secondary N) is 1. The minimum Gasteiger partial charge on any atom is -0.376 e. The van der Waals surface area contributed by atoms with Crippen molar-refractivity contribution in [2.24, 2.45) is 17.8 Å². The van der Waals surface area contributed by atoms with Crippen LogP contribution in [0.3, 0.4) is 0 Å². The molecule has 0 bridgehead atoms. The molecule has 22 heavy (non-hydrogen) atoms. The van der Waals surface area contributed by atoms with Crippen LogP contribution in [0.25, 0.3) is 0 Å². The van der Waals surface area contributed by atoms with Gasteiger partial charge in [0.15, 0.2) is 0 Å². The van der Waals surface area contributed by atoms with Crippen LogP contribution in [0.1, 0.15) is 24.3 Å². The number of hydrogen-bond donors (Lipinski definition) is 1. The van der Waals surface area contributed by atoms with Crippen LogP contribution in [0.4, 0.5) is 5.13 Å². The third-order valence-corrected chi connectivity index (χ3v) is 5.88. The van der Waals surface area contributed by atoms with Gasteiger partial charge in [-0.05, 0) is 32.1 Å². The largest absolute Gasteiger partial charge is 0.376 e. The van der Waals surface area contributed by atoms with Crippen LogP contribution < -0.4 is 10.2 Å². The highest BCUT2D eigenvalue weighted by Crippen LogP contribution is 2.36. The number of carbonyl (C=O) groups is 1. The van der Waals surface area contributed by atoms with Gasteiger partial charge in [-0.25, -0.2) is 0 Å². The molecule has 3 heterocycles. The molecular formula is C15H22N4O2S. The molecule has 3 atom stereocenters. The van der Waals surface area contributed by atoms with Crippen LogP contribution in [-0.4, -0.2) is 48.4 Å². The normalized spacial score (nSPS) is 31.1. The number of ether oxygens (including phenoxy) is 1. The lowest BCUT2D eigenvalue weighted by Gasteiger charge is -2.39. The van der Waals surface area contributed by atoms with Gasteiger partial charge >= 0.3 is 0 Å². The number of aryl methyl sites for hydroxylation is 1. The Morgan fingerprint density at radius 3 is 2.95 bits per heavy atom. The van der Waals surface area contributed by atoms with Gasteiger partial charge < -0.3 is 15.0 Å². The number of nitrogens with zero attached hydrogens (tertiary/aromatic N) is 3. The summed E-state index contributed by atoms with van der Waals surface area (Å²) in [6.07, 6.45) is 3.66. The number of piperidine rings is 1. The van der Waals surface area contributed by atoms with E-state index in [-0.39, 0.29) is 17.9 Å². The zero-order valence-corrected chi connectivity index (χ0v) is 13.6. The summed E-state index contributed by atoms with van der Waals surface area (Å²) in [4.78, 5) is 14.8. The Hall–Kier alpha value is -1.21. The average molecular weight is 322 g/mol. The molecule has 1 aliphatic carbocycles. The van der Waals surface area contributed by atoms with Gasteiger partial charge in [0, 0.05) is 32.2 Å². The first-order chi connectivity index (χ1) is 10.7. The maximum atomic E-state index is 12.6. The number of amides is 1. The molecule has 1 aromatic heterocycles.